The molecule has 0 unspecified atom stereocenters. The molecule has 0 heterocycles. The van der Waals surface area contributed by atoms with Gasteiger partial charge in [-0.1, -0.05) is 24.3 Å². The summed E-state index contributed by atoms with van der Waals surface area (Å²) < 4.78 is 39.8. The molecule has 0 saturated heterocycles. The van der Waals surface area contributed by atoms with E-state index >= 15 is 0 Å². The molecule has 5 nitrogen and oxygen atoms in total. The second kappa shape index (κ2) is 7.59. The first kappa shape index (κ1) is 18.6. The highest BCUT2D eigenvalue weighted by atomic mass is 32.2. The van der Waals surface area contributed by atoms with E-state index in [4.69, 9.17) is 0 Å². The number of hydrogen-bond donors (Lipinski definition) is 1. The number of hydrogen-bond acceptors (Lipinski definition) is 3. The predicted molar refractivity (Wildman–Crippen MR) is 103 cm³/mol. The lowest BCUT2D eigenvalue weighted by Gasteiger charge is -2.19. The van der Waals surface area contributed by atoms with Crippen LogP contribution in [0.4, 0.5) is 15.8 Å². The molecule has 0 aromatic heterocycles. The molecular weight excluding hydrogens is 367 g/mol. The van der Waals surface area contributed by atoms with Gasteiger partial charge >= 0.3 is 0 Å². The number of anilines is 2. The van der Waals surface area contributed by atoms with Crippen LogP contribution in [-0.4, -0.2) is 21.4 Å². The minimum Gasteiger partial charge on any atom is -0.322 e. The molecule has 0 radical (unpaired) electrons. The minimum absolute atomic E-state index is 0.0659. The quantitative estimate of drug-likeness (QED) is 0.725. The molecule has 7 heteroatoms. The molecule has 0 bridgehead atoms. The van der Waals surface area contributed by atoms with Crippen LogP contribution in [0.1, 0.15) is 10.4 Å². The Morgan fingerprint density at radius 1 is 0.926 bits per heavy atom. The molecule has 1 N–H and O–H groups in total. The van der Waals surface area contributed by atoms with Gasteiger partial charge in [0.15, 0.2) is 0 Å². The van der Waals surface area contributed by atoms with Gasteiger partial charge in [-0.25, -0.2) is 12.8 Å². The summed E-state index contributed by atoms with van der Waals surface area (Å²) in [6, 6.07) is 19.8. The fourth-order valence-corrected chi connectivity index (χ4v) is 3.68. The first-order chi connectivity index (χ1) is 12.9. The highest BCUT2D eigenvalue weighted by Gasteiger charge is 2.21. The van der Waals surface area contributed by atoms with Gasteiger partial charge < -0.3 is 5.32 Å². The fourth-order valence-electron chi connectivity index (χ4n) is 2.48. The van der Waals surface area contributed by atoms with Crippen molar-refractivity contribution in [1.82, 2.24) is 0 Å². The maximum Gasteiger partial charge on any atom is 0.264 e. The molecule has 0 fully saturated rings. The fraction of sp³-hybridized carbons (Fsp3) is 0.0500. The van der Waals surface area contributed by atoms with Crippen molar-refractivity contribution in [2.45, 2.75) is 4.90 Å². The Kier molecular flexibility index (Phi) is 5.23. The first-order valence-corrected chi connectivity index (χ1v) is 9.53. The predicted octanol–water partition coefficient (Wildman–Crippen LogP) is 3.90. The third kappa shape index (κ3) is 4.15. The lowest BCUT2D eigenvalue weighted by Crippen LogP contribution is -2.26. The van der Waals surface area contributed by atoms with Crippen LogP contribution in [0.5, 0.6) is 0 Å². The molecule has 3 aromatic rings. The van der Waals surface area contributed by atoms with Crippen LogP contribution in [0.15, 0.2) is 83.8 Å². The summed E-state index contributed by atoms with van der Waals surface area (Å²) in [5.74, 6) is -0.917. The van der Waals surface area contributed by atoms with E-state index in [-0.39, 0.29) is 10.5 Å². The lowest BCUT2D eigenvalue weighted by molar-refractivity contribution is 0.102. The largest absolute Gasteiger partial charge is 0.322 e. The monoisotopic (exact) mass is 384 g/mol. The average molecular weight is 384 g/mol. The number of halogens is 1. The maximum atomic E-state index is 13.2. The standard InChI is InChI=1S/C20H17FN2O3S/c1-23(18-8-3-2-4-9-18)27(25,26)19-12-10-15(11-13-19)20(24)22-17-7-5-6-16(21)14-17/h2-14H,1H3,(H,22,24). The Labute approximate surface area is 157 Å². The van der Waals surface area contributed by atoms with Crippen molar-refractivity contribution >= 4 is 27.3 Å². The van der Waals surface area contributed by atoms with E-state index in [2.05, 4.69) is 5.32 Å². The van der Waals surface area contributed by atoms with Gasteiger partial charge in [0.2, 0.25) is 0 Å². The number of amides is 1. The summed E-state index contributed by atoms with van der Waals surface area (Å²) in [5.41, 5.74) is 1.12. The van der Waals surface area contributed by atoms with Crippen molar-refractivity contribution in [2.75, 3.05) is 16.7 Å². The highest BCUT2D eigenvalue weighted by molar-refractivity contribution is 7.92. The van der Waals surface area contributed by atoms with Crippen LogP contribution < -0.4 is 9.62 Å². The second-order valence-electron chi connectivity index (χ2n) is 5.80. The molecule has 0 atom stereocenters. The van der Waals surface area contributed by atoms with Gasteiger partial charge in [-0.3, -0.25) is 9.10 Å². The van der Waals surface area contributed by atoms with E-state index in [0.717, 1.165) is 0 Å². The molecule has 3 aromatic carbocycles. The number of nitrogens with one attached hydrogen (secondary N) is 1. The van der Waals surface area contributed by atoms with Crippen molar-refractivity contribution in [2.24, 2.45) is 0 Å². The van der Waals surface area contributed by atoms with Gasteiger partial charge in [0, 0.05) is 18.3 Å². The van der Waals surface area contributed by atoms with E-state index < -0.39 is 21.7 Å². The topological polar surface area (TPSA) is 66.5 Å². The second-order valence-corrected chi connectivity index (χ2v) is 7.77. The van der Waals surface area contributed by atoms with E-state index in [1.54, 1.807) is 36.4 Å². The van der Waals surface area contributed by atoms with Gasteiger partial charge in [-0.15, -0.1) is 0 Å². The summed E-state index contributed by atoms with van der Waals surface area (Å²) >= 11 is 0. The summed E-state index contributed by atoms with van der Waals surface area (Å²) in [4.78, 5) is 12.3. The van der Waals surface area contributed by atoms with E-state index in [1.165, 1.54) is 53.8 Å². The zero-order valence-electron chi connectivity index (χ0n) is 14.5. The molecular formula is C20H17FN2O3S. The molecule has 1 amide bonds. The Balaban J connectivity index is 1.79. The smallest absolute Gasteiger partial charge is 0.264 e. The van der Waals surface area contributed by atoms with Gasteiger partial charge in [0.1, 0.15) is 5.82 Å². The van der Waals surface area contributed by atoms with E-state index in [9.17, 15) is 17.6 Å². The Hall–Kier alpha value is -3.19. The van der Waals surface area contributed by atoms with Gasteiger partial charge in [-0.05, 0) is 54.6 Å². The highest BCUT2D eigenvalue weighted by Crippen LogP contribution is 2.22. The number of carbonyl (C=O) groups excluding carboxylic acids is 1. The Bertz CT molecular complexity index is 1050. The average Bonchev–Trinajstić information content (AvgIpc) is 2.68. The Morgan fingerprint density at radius 2 is 1.59 bits per heavy atom. The van der Waals surface area contributed by atoms with E-state index in [1.807, 2.05) is 0 Å². The molecule has 138 valence electrons. The van der Waals surface area contributed by atoms with Crippen LogP contribution in [-0.2, 0) is 10.0 Å². The van der Waals surface area contributed by atoms with Crippen molar-refractivity contribution in [1.29, 1.82) is 0 Å². The van der Waals surface area contributed by atoms with Gasteiger partial charge in [0.05, 0.1) is 10.6 Å². The van der Waals surface area contributed by atoms with Crippen LogP contribution in [0.3, 0.4) is 0 Å². The SMILES string of the molecule is CN(c1ccccc1)S(=O)(=O)c1ccc(C(=O)Nc2cccc(F)c2)cc1. The van der Waals surface area contributed by atoms with Crippen molar-refractivity contribution in [3.05, 3.63) is 90.2 Å². The van der Waals surface area contributed by atoms with Crippen molar-refractivity contribution in [3.8, 4) is 0 Å². The summed E-state index contributed by atoms with van der Waals surface area (Å²) in [6.45, 7) is 0. The number of sulfonamides is 1. The third-order valence-corrected chi connectivity index (χ3v) is 5.78. The minimum atomic E-state index is -3.75. The molecule has 0 aliphatic heterocycles. The molecule has 0 aliphatic carbocycles. The van der Waals surface area contributed by atoms with Gasteiger partial charge in [0.25, 0.3) is 15.9 Å². The summed E-state index contributed by atoms with van der Waals surface area (Å²) in [5, 5.41) is 2.57. The lowest BCUT2D eigenvalue weighted by atomic mass is 10.2. The summed E-state index contributed by atoms with van der Waals surface area (Å²) in [6.07, 6.45) is 0. The normalized spacial score (nSPS) is 11.0. The number of nitrogens with zero attached hydrogens (tertiary/aromatic N) is 1. The van der Waals surface area contributed by atoms with Crippen LogP contribution in [0, 0.1) is 5.82 Å². The summed E-state index contributed by atoms with van der Waals surface area (Å²) in [7, 11) is -2.28. The van der Waals surface area contributed by atoms with Gasteiger partial charge in [-0.2, -0.15) is 0 Å². The first-order valence-electron chi connectivity index (χ1n) is 8.09. The van der Waals surface area contributed by atoms with Crippen LogP contribution in [0.25, 0.3) is 0 Å². The van der Waals surface area contributed by atoms with E-state index in [0.29, 0.717) is 11.4 Å². The number of para-hydroxylation sites is 1. The Morgan fingerprint density at radius 3 is 2.22 bits per heavy atom. The van der Waals surface area contributed by atoms with Crippen molar-refractivity contribution in [3.63, 3.8) is 0 Å². The number of rotatable bonds is 5. The number of carbonyl (C=O) groups is 1. The zero-order valence-corrected chi connectivity index (χ0v) is 15.3. The molecule has 0 spiro atoms. The van der Waals surface area contributed by atoms with Crippen molar-refractivity contribution < 1.29 is 17.6 Å². The maximum absolute atomic E-state index is 13.2. The zero-order chi connectivity index (χ0) is 19.4. The number of benzene rings is 3. The molecule has 27 heavy (non-hydrogen) atoms. The third-order valence-electron chi connectivity index (χ3n) is 3.98. The van der Waals surface area contributed by atoms with Crippen LogP contribution in [0.2, 0.25) is 0 Å². The molecule has 0 aliphatic rings. The molecule has 0 saturated carbocycles. The molecule has 3 rings (SSSR count). The van der Waals surface area contributed by atoms with Crippen LogP contribution >= 0.6 is 0 Å².